The molecule has 0 aliphatic rings. The molecule has 0 aliphatic carbocycles. The zero-order valence-electron chi connectivity index (χ0n) is 12.3. The van der Waals surface area contributed by atoms with Gasteiger partial charge in [0.1, 0.15) is 0 Å². The second kappa shape index (κ2) is 5.73. The largest absolute Gasteiger partial charge is 0.493 e. The first-order valence-electron chi connectivity index (χ1n) is 6.25. The number of ether oxygens (including phenoxy) is 2. The maximum absolute atomic E-state index is 6.08. The minimum absolute atomic E-state index is 0.628. The zero-order valence-corrected chi connectivity index (χ0v) is 12.3. The highest BCUT2D eigenvalue weighted by Gasteiger charge is 2.13. The number of nitrogens with two attached hydrogens (primary N) is 1. The first kappa shape index (κ1) is 14.0. The van der Waals surface area contributed by atoms with Crippen molar-refractivity contribution in [2.24, 2.45) is 7.05 Å². The van der Waals surface area contributed by atoms with Gasteiger partial charge in [-0.1, -0.05) is 0 Å². The van der Waals surface area contributed by atoms with Gasteiger partial charge >= 0.3 is 0 Å². The molecule has 0 atom stereocenters. The van der Waals surface area contributed by atoms with E-state index in [0.29, 0.717) is 23.7 Å². The summed E-state index contributed by atoms with van der Waals surface area (Å²) in [4.78, 5) is 2.05. The average Bonchev–Trinajstić information content (AvgIpc) is 2.83. The molecule has 0 bridgehead atoms. The molecular weight excluding hydrogens is 256 g/mol. The van der Waals surface area contributed by atoms with E-state index in [1.165, 1.54) is 0 Å². The van der Waals surface area contributed by atoms with Gasteiger partial charge in [-0.3, -0.25) is 4.68 Å². The van der Waals surface area contributed by atoms with Crippen LogP contribution in [0.3, 0.4) is 0 Å². The van der Waals surface area contributed by atoms with Gasteiger partial charge in [0.05, 0.1) is 31.8 Å². The number of benzene rings is 1. The van der Waals surface area contributed by atoms with Crippen molar-refractivity contribution < 1.29 is 9.47 Å². The molecule has 6 nitrogen and oxygen atoms in total. The standard InChI is InChI=1S/C14H20N4O2/c1-17(8-10-7-16-18(2)9-10)12-6-14(20-4)13(19-3)5-11(12)15/h5-7,9H,8,15H2,1-4H3. The molecule has 0 radical (unpaired) electrons. The van der Waals surface area contributed by atoms with E-state index in [-0.39, 0.29) is 0 Å². The van der Waals surface area contributed by atoms with Gasteiger partial charge in [-0.2, -0.15) is 5.10 Å². The van der Waals surface area contributed by atoms with Crippen molar-refractivity contribution in [2.75, 3.05) is 31.9 Å². The van der Waals surface area contributed by atoms with Gasteiger partial charge < -0.3 is 20.1 Å². The SMILES string of the molecule is COc1cc(N)c(N(C)Cc2cnn(C)c2)cc1OC. The van der Waals surface area contributed by atoms with Crippen LogP contribution in [0.4, 0.5) is 11.4 Å². The van der Waals surface area contributed by atoms with Crippen LogP contribution >= 0.6 is 0 Å². The summed E-state index contributed by atoms with van der Waals surface area (Å²) in [5.74, 6) is 1.29. The number of nitrogen functional groups attached to an aromatic ring is 1. The summed E-state index contributed by atoms with van der Waals surface area (Å²) in [6.07, 6.45) is 3.82. The third-order valence-corrected chi connectivity index (χ3v) is 3.12. The number of hydrogen-bond acceptors (Lipinski definition) is 5. The molecule has 6 heteroatoms. The third kappa shape index (κ3) is 2.79. The highest BCUT2D eigenvalue weighted by atomic mass is 16.5. The topological polar surface area (TPSA) is 65.5 Å². The van der Waals surface area contributed by atoms with Crippen LogP contribution in [-0.4, -0.2) is 31.0 Å². The van der Waals surface area contributed by atoms with Gasteiger partial charge in [0.25, 0.3) is 0 Å². The Morgan fingerprint density at radius 3 is 2.45 bits per heavy atom. The van der Waals surface area contributed by atoms with E-state index >= 15 is 0 Å². The lowest BCUT2D eigenvalue weighted by Crippen LogP contribution is -2.17. The summed E-state index contributed by atoms with van der Waals surface area (Å²) in [5.41, 5.74) is 8.74. The molecule has 20 heavy (non-hydrogen) atoms. The lowest BCUT2D eigenvalue weighted by molar-refractivity contribution is 0.355. The number of hydrogen-bond donors (Lipinski definition) is 1. The van der Waals surface area contributed by atoms with E-state index in [2.05, 4.69) is 5.10 Å². The van der Waals surface area contributed by atoms with Crippen LogP contribution in [0.15, 0.2) is 24.5 Å². The number of nitrogens with zero attached hydrogens (tertiary/aromatic N) is 3. The smallest absolute Gasteiger partial charge is 0.162 e. The lowest BCUT2D eigenvalue weighted by atomic mass is 10.2. The fourth-order valence-electron chi connectivity index (χ4n) is 2.13. The fraction of sp³-hybridized carbons (Fsp3) is 0.357. The average molecular weight is 276 g/mol. The van der Waals surface area contributed by atoms with Crippen LogP contribution < -0.4 is 20.1 Å². The molecule has 2 aromatic rings. The van der Waals surface area contributed by atoms with Gasteiger partial charge in [-0.15, -0.1) is 0 Å². The molecule has 0 unspecified atom stereocenters. The Kier molecular flexibility index (Phi) is 4.02. The highest BCUT2D eigenvalue weighted by Crippen LogP contribution is 2.36. The van der Waals surface area contributed by atoms with Crippen LogP contribution in [0.25, 0.3) is 0 Å². The summed E-state index contributed by atoms with van der Waals surface area (Å²) in [6.45, 7) is 0.716. The fourth-order valence-corrected chi connectivity index (χ4v) is 2.13. The summed E-state index contributed by atoms with van der Waals surface area (Å²) in [6, 6.07) is 3.65. The van der Waals surface area contributed by atoms with Crippen LogP contribution in [0.5, 0.6) is 11.5 Å². The monoisotopic (exact) mass is 276 g/mol. The Morgan fingerprint density at radius 2 is 1.90 bits per heavy atom. The first-order valence-corrected chi connectivity index (χ1v) is 6.25. The van der Waals surface area contributed by atoms with Crippen molar-refractivity contribution in [3.63, 3.8) is 0 Å². The molecule has 2 rings (SSSR count). The molecule has 2 N–H and O–H groups in total. The van der Waals surface area contributed by atoms with Crippen molar-refractivity contribution in [1.82, 2.24) is 9.78 Å². The molecule has 108 valence electrons. The van der Waals surface area contributed by atoms with Crippen molar-refractivity contribution >= 4 is 11.4 Å². The lowest BCUT2D eigenvalue weighted by Gasteiger charge is -2.22. The molecule has 0 saturated carbocycles. The molecule has 1 heterocycles. The van der Waals surface area contributed by atoms with E-state index in [0.717, 1.165) is 11.3 Å². The Hall–Kier alpha value is -2.37. The Morgan fingerprint density at radius 1 is 1.25 bits per heavy atom. The predicted octanol–water partition coefficient (Wildman–Crippen LogP) is 1.66. The van der Waals surface area contributed by atoms with Gasteiger partial charge in [-0.25, -0.2) is 0 Å². The predicted molar refractivity (Wildman–Crippen MR) is 79.3 cm³/mol. The summed E-state index contributed by atoms with van der Waals surface area (Å²) < 4.78 is 12.3. The normalized spacial score (nSPS) is 10.4. The van der Waals surface area contributed by atoms with Gasteiger partial charge in [-0.05, 0) is 0 Å². The van der Waals surface area contributed by atoms with Crippen LogP contribution in [0, 0.1) is 0 Å². The van der Waals surface area contributed by atoms with E-state index in [9.17, 15) is 0 Å². The molecule has 0 saturated heterocycles. The summed E-state index contributed by atoms with van der Waals surface area (Å²) >= 11 is 0. The van der Waals surface area contributed by atoms with E-state index in [1.54, 1.807) is 25.0 Å². The second-order valence-electron chi connectivity index (χ2n) is 4.64. The number of aromatic nitrogens is 2. The minimum Gasteiger partial charge on any atom is -0.493 e. The van der Waals surface area contributed by atoms with Crippen LogP contribution in [-0.2, 0) is 13.6 Å². The summed E-state index contributed by atoms with van der Waals surface area (Å²) in [5, 5.41) is 4.16. The van der Waals surface area contributed by atoms with Crippen molar-refractivity contribution in [3.8, 4) is 11.5 Å². The Labute approximate surface area is 118 Å². The van der Waals surface area contributed by atoms with Crippen LogP contribution in [0.2, 0.25) is 0 Å². The molecule has 1 aromatic carbocycles. The number of methoxy groups -OCH3 is 2. The van der Waals surface area contributed by atoms with E-state index < -0.39 is 0 Å². The molecule has 0 amide bonds. The molecular formula is C14H20N4O2. The van der Waals surface area contributed by atoms with E-state index in [4.69, 9.17) is 15.2 Å². The minimum atomic E-state index is 0.628. The molecule has 0 fully saturated rings. The third-order valence-electron chi connectivity index (χ3n) is 3.12. The first-order chi connectivity index (χ1) is 9.55. The van der Waals surface area contributed by atoms with Gasteiger partial charge in [0, 0.05) is 44.5 Å². The van der Waals surface area contributed by atoms with E-state index in [1.807, 2.05) is 37.5 Å². The van der Waals surface area contributed by atoms with Crippen molar-refractivity contribution in [1.29, 1.82) is 0 Å². The Bertz CT molecular complexity index is 595. The van der Waals surface area contributed by atoms with Crippen LogP contribution in [0.1, 0.15) is 5.56 Å². The molecule has 1 aromatic heterocycles. The van der Waals surface area contributed by atoms with Crippen molar-refractivity contribution in [2.45, 2.75) is 6.54 Å². The van der Waals surface area contributed by atoms with Crippen molar-refractivity contribution in [3.05, 3.63) is 30.1 Å². The number of rotatable bonds is 5. The molecule has 0 aliphatic heterocycles. The van der Waals surface area contributed by atoms with Gasteiger partial charge in [0.2, 0.25) is 0 Å². The second-order valence-corrected chi connectivity index (χ2v) is 4.64. The maximum Gasteiger partial charge on any atom is 0.162 e. The number of aryl methyl sites for hydroxylation is 1. The number of anilines is 2. The highest BCUT2D eigenvalue weighted by molar-refractivity contribution is 5.73. The Balaban J connectivity index is 2.27. The summed E-state index contributed by atoms with van der Waals surface area (Å²) in [7, 11) is 7.08. The molecule has 0 spiro atoms. The quantitative estimate of drug-likeness (QED) is 0.841. The maximum atomic E-state index is 6.08. The zero-order chi connectivity index (χ0) is 14.7. The van der Waals surface area contributed by atoms with Gasteiger partial charge in [0.15, 0.2) is 11.5 Å².